The van der Waals surface area contributed by atoms with E-state index in [0.717, 1.165) is 19.3 Å². The second kappa shape index (κ2) is 12.5. The van der Waals surface area contributed by atoms with Crippen molar-refractivity contribution >= 4 is 0 Å². The molecule has 1 unspecified atom stereocenters. The van der Waals surface area contributed by atoms with Gasteiger partial charge < -0.3 is 24.4 Å². The van der Waals surface area contributed by atoms with E-state index in [9.17, 15) is 10.2 Å². The molecule has 0 aromatic heterocycles. The Kier molecular flexibility index (Phi) is 12.4. The van der Waals surface area contributed by atoms with Gasteiger partial charge in [-0.05, 0) is 19.3 Å². The molecule has 0 aromatic rings. The summed E-state index contributed by atoms with van der Waals surface area (Å²) in [6.07, 6.45) is 1.19. The number of hydrogen-bond donors (Lipinski definition) is 2. The molecule has 0 aromatic carbocycles. The Morgan fingerprint density at radius 3 is 2.30 bits per heavy atom. The molecule has 5 heteroatoms. The maximum Gasteiger partial charge on any atom is 0.186 e. The highest BCUT2D eigenvalue weighted by Gasteiger charge is 2.26. The van der Waals surface area contributed by atoms with Crippen molar-refractivity contribution in [3.05, 3.63) is 0 Å². The number of aliphatic hydroxyl groups excluding tert-OH is 2. The van der Waals surface area contributed by atoms with Gasteiger partial charge in [0.25, 0.3) is 0 Å². The van der Waals surface area contributed by atoms with Gasteiger partial charge >= 0.3 is 0 Å². The molecular weight excluding hydrogens is 260 g/mol. The number of unbranched alkanes of at least 4 members (excludes halogenated alkanes) is 2. The minimum Gasteiger partial charge on any atom is -0.394 e. The Bertz CT molecular complexity index is 210. The van der Waals surface area contributed by atoms with Gasteiger partial charge in [-0.1, -0.05) is 33.6 Å². The lowest BCUT2D eigenvalue weighted by Gasteiger charge is -2.29. The average molecular weight is 292 g/mol. The first-order valence-corrected chi connectivity index (χ1v) is 7.70. The molecule has 0 aliphatic rings. The first kappa shape index (κ1) is 19.8. The molecule has 0 rings (SSSR count). The second-order valence-corrected chi connectivity index (χ2v) is 5.27. The van der Waals surface area contributed by atoms with Crippen LogP contribution in [0.1, 0.15) is 47.0 Å². The predicted molar refractivity (Wildman–Crippen MR) is 78.6 cm³/mol. The summed E-state index contributed by atoms with van der Waals surface area (Å²) >= 11 is 0. The maximum atomic E-state index is 10.1. The van der Waals surface area contributed by atoms with Crippen LogP contribution in [0.2, 0.25) is 0 Å². The zero-order chi connectivity index (χ0) is 15.4. The van der Waals surface area contributed by atoms with Crippen LogP contribution in [-0.4, -0.2) is 55.1 Å². The highest BCUT2D eigenvalue weighted by atomic mass is 16.7. The van der Waals surface area contributed by atoms with Crippen molar-refractivity contribution in [2.45, 2.75) is 65.5 Å². The summed E-state index contributed by atoms with van der Waals surface area (Å²) < 4.78 is 16.5. The molecule has 2 N–H and O–H groups in total. The van der Waals surface area contributed by atoms with Crippen molar-refractivity contribution in [2.24, 2.45) is 5.92 Å². The van der Waals surface area contributed by atoms with Gasteiger partial charge in [0.05, 0.1) is 19.3 Å². The summed E-state index contributed by atoms with van der Waals surface area (Å²) in [5, 5.41) is 19.4. The average Bonchev–Trinajstić information content (AvgIpc) is 2.43. The fourth-order valence-electron chi connectivity index (χ4n) is 1.69. The Labute approximate surface area is 123 Å². The normalized spacial score (nSPS) is 16.4. The molecular formula is C15H32O5. The number of aliphatic hydroxyl groups is 2. The Morgan fingerprint density at radius 2 is 1.80 bits per heavy atom. The second-order valence-electron chi connectivity index (χ2n) is 5.27. The van der Waals surface area contributed by atoms with Crippen LogP contribution in [0.15, 0.2) is 0 Å². The maximum absolute atomic E-state index is 10.1. The molecule has 0 fully saturated rings. The van der Waals surface area contributed by atoms with Crippen molar-refractivity contribution in [1.82, 2.24) is 0 Å². The van der Waals surface area contributed by atoms with Gasteiger partial charge in [0.2, 0.25) is 0 Å². The van der Waals surface area contributed by atoms with E-state index < -0.39 is 12.4 Å². The van der Waals surface area contributed by atoms with Crippen molar-refractivity contribution in [3.8, 4) is 0 Å². The summed E-state index contributed by atoms with van der Waals surface area (Å²) in [4.78, 5) is 0. The molecule has 0 heterocycles. The third-order valence-corrected chi connectivity index (χ3v) is 3.07. The largest absolute Gasteiger partial charge is 0.394 e. The molecule has 5 nitrogen and oxygen atoms in total. The molecule has 0 amide bonds. The molecule has 0 radical (unpaired) electrons. The van der Waals surface area contributed by atoms with E-state index in [-0.39, 0.29) is 25.2 Å². The topological polar surface area (TPSA) is 68.2 Å². The zero-order valence-electron chi connectivity index (χ0n) is 13.4. The van der Waals surface area contributed by atoms with E-state index in [2.05, 4.69) is 6.92 Å². The van der Waals surface area contributed by atoms with Crippen LogP contribution in [0.25, 0.3) is 0 Å². The van der Waals surface area contributed by atoms with Gasteiger partial charge in [0.1, 0.15) is 6.10 Å². The van der Waals surface area contributed by atoms with Crippen LogP contribution in [-0.2, 0) is 14.2 Å². The van der Waals surface area contributed by atoms with Crippen LogP contribution in [0.4, 0.5) is 0 Å². The first-order valence-electron chi connectivity index (χ1n) is 7.70. The fourth-order valence-corrected chi connectivity index (χ4v) is 1.69. The smallest absolute Gasteiger partial charge is 0.186 e. The summed E-state index contributed by atoms with van der Waals surface area (Å²) in [7, 11) is 0. The Hall–Kier alpha value is -0.200. The zero-order valence-corrected chi connectivity index (χ0v) is 13.4. The lowest BCUT2D eigenvalue weighted by atomic mass is 10.1. The third kappa shape index (κ3) is 8.87. The van der Waals surface area contributed by atoms with Gasteiger partial charge in [-0.2, -0.15) is 0 Å². The molecule has 0 aliphatic heterocycles. The van der Waals surface area contributed by atoms with Crippen molar-refractivity contribution in [3.63, 3.8) is 0 Å². The monoisotopic (exact) mass is 292 g/mol. The third-order valence-electron chi connectivity index (χ3n) is 3.07. The number of rotatable bonds is 13. The van der Waals surface area contributed by atoms with Crippen LogP contribution in [0.3, 0.4) is 0 Å². The minimum absolute atomic E-state index is 0.0894. The van der Waals surface area contributed by atoms with Crippen LogP contribution >= 0.6 is 0 Å². The SMILES string of the molecule is CCCCCO[C@H](OC(CO)C(C)C)[C@@H](O)COCC. The number of hydrogen-bond acceptors (Lipinski definition) is 5. The molecule has 122 valence electrons. The lowest BCUT2D eigenvalue weighted by molar-refractivity contribution is -0.236. The van der Waals surface area contributed by atoms with Gasteiger partial charge in [-0.15, -0.1) is 0 Å². The van der Waals surface area contributed by atoms with E-state index in [0.29, 0.717) is 13.2 Å². The Morgan fingerprint density at radius 1 is 1.10 bits per heavy atom. The van der Waals surface area contributed by atoms with Crippen LogP contribution < -0.4 is 0 Å². The summed E-state index contributed by atoms with van der Waals surface area (Å²) in [5.74, 6) is 0.154. The van der Waals surface area contributed by atoms with E-state index in [1.165, 1.54) is 0 Å². The molecule has 0 bridgehead atoms. The molecule has 0 saturated heterocycles. The molecule has 0 saturated carbocycles. The molecule has 3 atom stereocenters. The standard InChI is InChI=1S/C15H32O5/c1-5-7-8-9-19-15(13(17)11-18-6-2)20-14(10-16)12(3)4/h12-17H,5-11H2,1-4H3/t13-,14?,15+/m0/s1. The van der Waals surface area contributed by atoms with Gasteiger partial charge in [-0.3, -0.25) is 0 Å². The molecule has 0 spiro atoms. The van der Waals surface area contributed by atoms with Crippen molar-refractivity contribution in [1.29, 1.82) is 0 Å². The van der Waals surface area contributed by atoms with Gasteiger partial charge in [0, 0.05) is 13.2 Å². The quantitative estimate of drug-likeness (QED) is 0.401. The van der Waals surface area contributed by atoms with E-state index >= 15 is 0 Å². The van der Waals surface area contributed by atoms with Crippen molar-refractivity contribution < 1.29 is 24.4 Å². The summed E-state index contributed by atoms with van der Waals surface area (Å²) in [5.41, 5.74) is 0. The highest BCUT2D eigenvalue weighted by Crippen LogP contribution is 2.13. The van der Waals surface area contributed by atoms with E-state index in [1.54, 1.807) is 0 Å². The van der Waals surface area contributed by atoms with Crippen LogP contribution in [0, 0.1) is 5.92 Å². The van der Waals surface area contributed by atoms with Gasteiger partial charge in [-0.25, -0.2) is 0 Å². The van der Waals surface area contributed by atoms with Gasteiger partial charge in [0.15, 0.2) is 6.29 Å². The summed E-state index contributed by atoms with van der Waals surface area (Å²) in [6.45, 7) is 9.08. The van der Waals surface area contributed by atoms with E-state index in [1.807, 2.05) is 20.8 Å². The molecule has 20 heavy (non-hydrogen) atoms. The van der Waals surface area contributed by atoms with Crippen molar-refractivity contribution in [2.75, 3.05) is 26.4 Å². The van der Waals surface area contributed by atoms with Crippen LogP contribution in [0.5, 0.6) is 0 Å². The van der Waals surface area contributed by atoms with E-state index in [4.69, 9.17) is 14.2 Å². The first-order chi connectivity index (χ1) is 9.56. The highest BCUT2D eigenvalue weighted by molar-refractivity contribution is 4.66. The Balaban J connectivity index is 4.35. The molecule has 0 aliphatic carbocycles. The fraction of sp³-hybridized carbons (Fsp3) is 1.00. The summed E-state index contributed by atoms with van der Waals surface area (Å²) in [6, 6.07) is 0. The number of ether oxygens (including phenoxy) is 3. The minimum atomic E-state index is -0.843. The predicted octanol–water partition coefficient (Wildman–Crippen LogP) is 1.95. The lowest BCUT2D eigenvalue weighted by Crippen LogP contribution is -2.41.